The smallest absolute Gasteiger partial charge is 0.0334 e. The lowest BCUT2D eigenvalue weighted by molar-refractivity contribution is 0.0554. The number of hydrogen-bond donors (Lipinski definition) is 1. The molecule has 0 heterocycles. The summed E-state index contributed by atoms with van der Waals surface area (Å²) >= 11 is 0. The van der Waals surface area contributed by atoms with E-state index in [0.29, 0.717) is 0 Å². The van der Waals surface area contributed by atoms with Crippen molar-refractivity contribution in [2.75, 3.05) is 13.6 Å². The van der Waals surface area contributed by atoms with Gasteiger partial charge in [0, 0.05) is 18.6 Å². The van der Waals surface area contributed by atoms with Crippen molar-refractivity contribution in [1.82, 2.24) is 4.90 Å². The Hall–Kier alpha value is -0.860. The predicted octanol–water partition coefficient (Wildman–Crippen LogP) is 3.51. The first-order valence-corrected chi connectivity index (χ1v) is 8.65. The van der Waals surface area contributed by atoms with Crippen molar-refractivity contribution in [2.24, 2.45) is 11.7 Å². The Morgan fingerprint density at radius 3 is 2.81 bits per heavy atom. The van der Waals surface area contributed by atoms with Gasteiger partial charge in [-0.1, -0.05) is 38.0 Å². The van der Waals surface area contributed by atoms with Gasteiger partial charge in [0.05, 0.1) is 0 Å². The van der Waals surface area contributed by atoms with E-state index < -0.39 is 0 Å². The minimum Gasteiger partial charge on any atom is -0.329 e. The molecule has 116 valence electrons. The zero-order valence-corrected chi connectivity index (χ0v) is 13.7. The molecule has 1 fully saturated rings. The van der Waals surface area contributed by atoms with E-state index in [9.17, 15) is 0 Å². The van der Waals surface area contributed by atoms with Gasteiger partial charge in [-0.2, -0.15) is 0 Å². The molecular weight excluding hydrogens is 256 g/mol. The van der Waals surface area contributed by atoms with Gasteiger partial charge in [0.25, 0.3) is 0 Å². The molecule has 2 heteroatoms. The molecule has 1 aromatic carbocycles. The fourth-order valence-electron chi connectivity index (χ4n) is 4.49. The molecule has 1 aromatic rings. The highest BCUT2D eigenvalue weighted by Crippen LogP contribution is 2.36. The van der Waals surface area contributed by atoms with Crippen molar-refractivity contribution >= 4 is 0 Å². The lowest BCUT2D eigenvalue weighted by Gasteiger charge is -2.46. The summed E-state index contributed by atoms with van der Waals surface area (Å²) in [5.74, 6) is 0.810. The molecule has 3 rings (SSSR count). The Kier molecular flexibility index (Phi) is 4.37. The molecule has 2 atom stereocenters. The second kappa shape index (κ2) is 6.10. The summed E-state index contributed by atoms with van der Waals surface area (Å²) in [6.07, 6.45) is 9.09. The Morgan fingerprint density at radius 1 is 1.24 bits per heavy atom. The first kappa shape index (κ1) is 15.1. The Bertz CT molecular complexity index is 496. The van der Waals surface area contributed by atoms with Crippen LogP contribution < -0.4 is 5.73 Å². The lowest BCUT2D eigenvalue weighted by Crippen LogP contribution is -2.54. The average molecular weight is 286 g/mol. The van der Waals surface area contributed by atoms with E-state index in [-0.39, 0.29) is 5.54 Å². The molecule has 0 amide bonds. The molecule has 2 unspecified atom stereocenters. The summed E-state index contributed by atoms with van der Waals surface area (Å²) < 4.78 is 0. The first-order chi connectivity index (χ1) is 10.1. The molecule has 21 heavy (non-hydrogen) atoms. The zero-order chi connectivity index (χ0) is 14.9. The third-order valence-electron chi connectivity index (χ3n) is 5.84. The van der Waals surface area contributed by atoms with Crippen LogP contribution in [0.4, 0.5) is 0 Å². The number of hydrogen-bond acceptors (Lipinski definition) is 2. The van der Waals surface area contributed by atoms with Crippen LogP contribution in [0, 0.1) is 5.92 Å². The van der Waals surface area contributed by atoms with Crippen molar-refractivity contribution in [3.63, 3.8) is 0 Å². The number of nitrogens with two attached hydrogens (primary N) is 1. The van der Waals surface area contributed by atoms with E-state index in [1.165, 1.54) is 50.5 Å². The van der Waals surface area contributed by atoms with Crippen LogP contribution in [0.15, 0.2) is 18.2 Å². The normalized spacial score (nSPS) is 28.9. The van der Waals surface area contributed by atoms with Crippen molar-refractivity contribution in [1.29, 1.82) is 0 Å². The number of fused-ring (bicyclic) bond motifs is 1. The summed E-state index contributed by atoms with van der Waals surface area (Å²) in [5.41, 5.74) is 11.0. The summed E-state index contributed by atoms with van der Waals surface area (Å²) in [4.78, 5) is 2.54. The molecule has 0 saturated heterocycles. The zero-order valence-electron chi connectivity index (χ0n) is 13.7. The summed E-state index contributed by atoms with van der Waals surface area (Å²) in [7, 11) is 2.28. The van der Waals surface area contributed by atoms with Crippen LogP contribution >= 0.6 is 0 Å². The van der Waals surface area contributed by atoms with Gasteiger partial charge in [-0.05, 0) is 61.8 Å². The molecule has 0 aliphatic heterocycles. The lowest BCUT2D eigenvalue weighted by atomic mass is 9.75. The van der Waals surface area contributed by atoms with Gasteiger partial charge < -0.3 is 5.73 Å². The molecule has 2 nitrogen and oxygen atoms in total. The Morgan fingerprint density at radius 2 is 2.05 bits per heavy atom. The molecular formula is C19H30N2. The predicted molar refractivity (Wildman–Crippen MR) is 89.4 cm³/mol. The van der Waals surface area contributed by atoms with Crippen LogP contribution in [-0.4, -0.2) is 24.0 Å². The maximum atomic E-state index is 6.20. The van der Waals surface area contributed by atoms with Gasteiger partial charge in [-0.3, -0.25) is 4.90 Å². The fraction of sp³-hybridized carbons (Fsp3) is 0.684. The van der Waals surface area contributed by atoms with Gasteiger partial charge in [0.15, 0.2) is 0 Å². The molecule has 2 N–H and O–H groups in total. The van der Waals surface area contributed by atoms with E-state index >= 15 is 0 Å². The molecule has 0 spiro atoms. The molecule has 2 aliphatic carbocycles. The number of nitrogens with zero attached hydrogens (tertiary/aromatic N) is 1. The minimum absolute atomic E-state index is 0.219. The van der Waals surface area contributed by atoms with Crippen molar-refractivity contribution in [3.8, 4) is 0 Å². The van der Waals surface area contributed by atoms with Gasteiger partial charge in [-0.15, -0.1) is 0 Å². The van der Waals surface area contributed by atoms with Crippen LogP contribution in [-0.2, 0) is 19.4 Å². The van der Waals surface area contributed by atoms with E-state index in [2.05, 4.69) is 37.1 Å². The Labute approximate surface area is 129 Å². The van der Waals surface area contributed by atoms with Crippen molar-refractivity contribution in [3.05, 3.63) is 34.9 Å². The maximum Gasteiger partial charge on any atom is 0.0334 e. The van der Waals surface area contributed by atoms with Crippen LogP contribution in [0.5, 0.6) is 0 Å². The van der Waals surface area contributed by atoms with Crippen molar-refractivity contribution < 1.29 is 0 Å². The SMILES string of the molecule is CC1CCCC(CN)(N(C)Cc2ccc3c(c2)CCC3)C1. The number of likely N-dealkylation sites (N-methyl/N-ethyl adjacent to an activating group) is 1. The fourth-order valence-corrected chi connectivity index (χ4v) is 4.49. The summed E-state index contributed by atoms with van der Waals surface area (Å²) in [6.45, 7) is 4.21. The van der Waals surface area contributed by atoms with E-state index in [4.69, 9.17) is 5.73 Å². The van der Waals surface area contributed by atoms with E-state index in [0.717, 1.165) is 19.0 Å². The van der Waals surface area contributed by atoms with Crippen LogP contribution in [0.2, 0.25) is 0 Å². The van der Waals surface area contributed by atoms with Gasteiger partial charge in [-0.25, -0.2) is 0 Å². The molecule has 0 bridgehead atoms. The highest BCUT2D eigenvalue weighted by atomic mass is 15.2. The average Bonchev–Trinajstić information content (AvgIpc) is 2.94. The largest absolute Gasteiger partial charge is 0.329 e. The van der Waals surface area contributed by atoms with E-state index in [1.807, 2.05) is 0 Å². The van der Waals surface area contributed by atoms with Crippen molar-refractivity contribution in [2.45, 2.75) is 64.0 Å². The topological polar surface area (TPSA) is 29.3 Å². The van der Waals surface area contributed by atoms with E-state index in [1.54, 1.807) is 11.1 Å². The van der Waals surface area contributed by atoms with Gasteiger partial charge in [0.2, 0.25) is 0 Å². The third kappa shape index (κ3) is 3.02. The third-order valence-corrected chi connectivity index (χ3v) is 5.84. The first-order valence-electron chi connectivity index (χ1n) is 8.65. The monoisotopic (exact) mass is 286 g/mol. The number of rotatable bonds is 4. The van der Waals surface area contributed by atoms with Gasteiger partial charge >= 0.3 is 0 Å². The second-order valence-electron chi connectivity index (χ2n) is 7.44. The minimum atomic E-state index is 0.219. The standard InChI is InChI=1S/C19H30N2/c1-15-5-4-10-19(12-15,14-20)21(2)13-16-8-9-17-6-3-7-18(17)11-16/h8-9,11,15H,3-7,10,12-14,20H2,1-2H3. The maximum absolute atomic E-state index is 6.20. The summed E-state index contributed by atoms with van der Waals surface area (Å²) in [6, 6.07) is 7.12. The second-order valence-corrected chi connectivity index (χ2v) is 7.44. The molecule has 1 saturated carbocycles. The van der Waals surface area contributed by atoms with Gasteiger partial charge in [0.1, 0.15) is 0 Å². The highest BCUT2D eigenvalue weighted by Gasteiger charge is 2.37. The number of aryl methyl sites for hydroxylation is 2. The van der Waals surface area contributed by atoms with Crippen LogP contribution in [0.25, 0.3) is 0 Å². The quantitative estimate of drug-likeness (QED) is 0.917. The Balaban J connectivity index is 1.73. The molecule has 2 aliphatic rings. The van der Waals surface area contributed by atoms with Crippen LogP contribution in [0.1, 0.15) is 55.7 Å². The summed E-state index contributed by atoms with van der Waals surface area (Å²) in [5, 5.41) is 0. The highest BCUT2D eigenvalue weighted by molar-refractivity contribution is 5.35. The molecule has 0 aromatic heterocycles. The number of benzene rings is 1. The van der Waals surface area contributed by atoms with Crippen LogP contribution in [0.3, 0.4) is 0 Å². The molecule has 0 radical (unpaired) electrons.